The molecular weight excluding hydrogens is 278 g/mol. The average molecular weight is 292 g/mol. The van der Waals surface area contributed by atoms with Crippen LogP contribution in [-0.4, -0.2) is 4.92 Å². The van der Waals surface area contributed by atoms with E-state index in [0.717, 1.165) is 12.1 Å². The van der Waals surface area contributed by atoms with Crippen molar-refractivity contribution in [3.63, 3.8) is 0 Å². The van der Waals surface area contributed by atoms with Crippen molar-refractivity contribution in [1.82, 2.24) is 0 Å². The SMILES string of the molecule is Cc1ccc(C(C)Nc2ccc(F)c([N+](=O)[O-])c2)cc1F. The summed E-state index contributed by atoms with van der Waals surface area (Å²) < 4.78 is 26.8. The number of halogens is 2. The Labute approximate surface area is 120 Å². The Hall–Kier alpha value is -2.50. The number of hydrogen-bond acceptors (Lipinski definition) is 3. The highest BCUT2D eigenvalue weighted by molar-refractivity contribution is 5.53. The summed E-state index contributed by atoms with van der Waals surface area (Å²) in [6, 6.07) is 8.13. The summed E-state index contributed by atoms with van der Waals surface area (Å²) in [5, 5.41) is 13.7. The second kappa shape index (κ2) is 5.87. The van der Waals surface area contributed by atoms with E-state index >= 15 is 0 Å². The Bertz CT molecular complexity index is 689. The van der Waals surface area contributed by atoms with E-state index in [0.29, 0.717) is 16.8 Å². The van der Waals surface area contributed by atoms with Gasteiger partial charge in [0.25, 0.3) is 0 Å². The predicted molar refractivity (Wildman–Crippen MR) is 76.2 cm³/mol. The molecule has 0 fully saturated rings. The van der Waals surface area contributed by atoms with E-state index in [4.69, 9.17) is 0 Å². The highest BCUT2D eigenvalue weighted by Gasteiger charge is 2.15. The fourth-order valence-electron chi connectivity index (χ4n) is 1.95. The molecule has 0 radical (unpaired) electrons. The zero-order chi connectivity index (χ0) is 15.6. The zero-order valence-corrected chi connectivity index (χ0v) is 11.6. The van der Waals surface area contributed by atoms with E-state index in [9.17, 15) is 18.9 Å². The minimum absolute atomic E-state index is 0.273. The van der Waals surface area contributed by atoms with Crippen LogP contribution in [0.1, 0.15) is 24.1 Å². The number of aryl methyl sites for hydroxylation is 1. The van der Waals surface area contributed by atoms with Gasteiger partial charge in [0, 0.05) is 17.8 Å². The van der Waals surface area contributed by atoms with E-state index in [1.54, 1.807) is 26.0 Å². The van der Waals surface area contributed by atoms with E-state index in [-0.39, 0.29) is 11.9 Å². The first kappa shape index (κ1) is 14.9. The lowest BCUT2D eigenvalue weighted by Gasteiger charge is -2.16. The predicted octanol–water partition coefficient (Wildman–Crippen LogP) is 4.35. The minimum Gasteiger partial charge on any atom is -0.378 e. The molecular formula is C15H14F2N2O2. The van der Waals surface area contributed by atoms with Crippen LogP contribution >= 0.6 is 0 Å². The van der Waals surface area contributed by atoms with Gasteiger partial charge < -0.3 is 5.32 Å². The lowest BCUT2D eigenvalue weighted by Crippen LogP contribution is -2.07. The van der Waals surface area contributed by atoms with Crippen molar-refractivity contribution in [3.05, 3.63) is 69.3 Å². The van der Waals surface area contributed by atoms with Crippen molar-refractivity contribution in [2.45, 2.75) is 19.9 Å². The summed E-state index contributed by atoms with van der Waals surface area (Å²) in [5.41, 5.74) is 1.05. The third-order valence-electron chi connectivity index (χ3n) is 3.22. The first-order valence-corrected chi connectivity index (χ1v) is 6.35. The Morgan fingerprint density at radius 3 is 2.48 bits per heavy atom. The topological polar surface area (TPSA) is 55.2 Å². The molecule has 0 aliphatic rings. The van der Waals surface area contributed by atoms with E-state index in [1.165, 1.54) is 12.1 Å². The molecule has 2 aromatic carbocycles. The molecule has 0 heterocycles. The van der Waals surface area contributed by atoms with Crippen LogP contribution in [0.4, 0.5) is 20.2 Å². The summed E-state index contributed by atoms with van der Waals surface area (Å²) in [5.74, 6) is -1.20. The molecule has 2 rings (SSSR count). The Kier molecular flexibility index (Phi) is 4.16. The van der Waals surface area contributed by atoms with Crippen LogP contribution in [0.2, 0.25) is 0 Å². The number of rotatable bonds is 4. The smallest absolute Gasteiger partial charge is 0.306 e. The molecule has 1 atom stereocenters. The number of nitrogens with zero attached hydrogens (tertiary/aromatic N) is 1. The summed E-state index contributed by atoms with van der Waals surface area (Å²) in [7, 11) is 0. The van der Waals surface area contributed by atoms with E-state index in [1.807, 2.05) is 0 Å². The van der Waals surface area contributed by atoms with E-state index in [2.05, 4.69) is 5.32 Å². The number of anilines is 1. The van der Waals surface area contributed by atoms with Crippen LogP contribution in [0.3, 0.4) is 0 Å². The molecule has 0 aliphatic carbocycles. The quantitative estimate of drug-likeness (QED) is 0.673. The molecule has 2 aromatic rings. The van der Waals surface area contributed by atoms with Gasteiger partial charge in [0.1, 0.15) is 5.82 Å². The van der Waals surface area contributed by atoms with Crippen LogP contribution in [-0.2, 0) is 0 Å². The largest absolute Gasteiger partial charge is 0.378 e. The minimum atomic E-state index is -0.889. The highest BCUT2D eigenvalue weighted by Crippen LogP contribution is 2.25. The van der Waals surface area contributed by atoms with E-state index < -0.39 is 16.4 Å². The number of hydrogen-bond donors (Lipinski definition) is 1. The summed E-state index contributed by atoms with van der Waals surface area (Å²) >= 11 is 0. The van der Waals surface area contributed by atoms with Crippen molar-refractivity contribution in [3.8, 4) is 0 Å². The van der Waals surface area contributed by atoms with Crippen LogP contribution in [0.5, 0.6) is 0 Å². The van der Waals surface area contributed by atoms with Gasteiger partial charge in [-0.15, -0.1) is 0 Å². The van der Waals surface area contributed by atoms with Gasteiger partial charge in [0.15, 0.2) is 0 Å². The number of nitro benzene ring substituents is 1. The second-order valence-electron chi connectivity index (χ2n) is 4.80. The first-order valence-electron chi connectivity index (χ1n) is 6.35. The second-order valence-corrected chi connectivity index (χ2v) is 4.80. The zero-order valence-electron chi connectivity index (χ0n) is 11.6. The molecule has 0 aromatic heterocycles. The van der Waals surface area contributed by atoms with Crippen LogP contribution in [0.25, 0.3) is 0 Å². The van der Waals surface area contributed by atoms with Gasteiger partial charge in [-0.05, 0) is 43.2 Å². The molecule has 1 N–H and O–H groups in total. The highest BCUT2D eigenvalue weighted by atomic mass is 19.1. The molecule has 0 amide bonds. The molecule has 0 saturated carbocycles. The van der Waals surface area contributed by atoms with Crippen molar-refractivity contribution < 1.29 is 13.7 Å². The third kappa shape index (κ3) is 3.34. The summed E-state index contributed by atoms with van der Waals surface area (Å²) in [4.78, 5) is 9.92. The van der Waals surface area contributed by atoms with Crippen molar-refractivity contribution >= 4 is 11.4 Å². The maximum absolute atomic E-state index is 13.5. The van der Waals surface area contributed by atoms with Crippen LogP contribution in [0, 0.1) is 28.7 Å². The summed E-state index contributed by atoms with van der Waals surface area (Å²) in [6.07, 6.45) is 0. The molecule has 21 heavy (non-hydrogen) atoms. The maximum Gasteiger partial charge on any atom is 0.306 e. The third-order valence-corrected chi connectivity index (χ3v) is 3.22. The maximum atomic E-state index is 13.5. The Morgan fingerprint density at radius 1 is 1.14 bits per heavy atom. The van der Waals surface area contributed by atoms with Crippen LogP contribution in [0.15, 0.2) is 36.4 Å². The molecule has 0 saturated heterocycles. The molecule has 1 unspecified atom stereocenters. The summed E-state index contributed by atoms with van der Waals surface area (Å²) in [6.45, 7) is 3.46. The van der Waals surface area contributed by atoms with Gasteiger partial charge in [-0.3, -0.25) is 10.1 Å². The fraction of sp³-hybridized carbons (Fsp3) is 0.200. The van der Waals surface area contributed by atoms with Gasteiger partial charge >= 0.3 is 5.69 Å². The van der Waals surface area contributed by atoms with Gasteiger partial charge in [-0.25, -0.2) is 4.39 Å². The monoisotopic (exact) mass is 292 g/mol. The van der Waals surface area contributed by atoms with Crippen molar-refractivity contribution in [2.75, 3.05) is 5.32 Å². The molecule has 4 nitrogen and oxygen atoms in total. The Morgan fingerprint density at radius 2 is 1.86 bits per heavy atom. The molecule has 0 bridgehead atoms. The first-order chi connectivity index (χ1) is 9.88. The average Bonchev–Trinajstić information content (AvgIpc) is 2.43. The normalized spacial score (nSPS) is 12.0. The van der Waals surface area contributed by atoms with Crippen LogP contribution < -0.4 is 5.32 Å². The van der Waals surface area contributed by atoms with Crippen molar-refractivity contribution in [2.24, 2.45) is 0 Å². The van der Waals surface area contributed by atoms with Gasteiger partial charge in [-0.1, -0.05) is 12.1 Å². The number of benzene rings is 2. The molecule has 110 valence electrons. The fourth-order valence-corrected chi connectivity index (χ4v) is 1.95. The standard InChI is InChI=1S/C15H14F2N2O2/c1-9-3-4-11(7-14(9)17)10(2)18-12-5-6-13(16)15(8-12)19(20)21/h3-8,10,18H,1-2H3. The molecule has 0 spiro atoms. The lowest BCUT2D eigenvalue weighted by atomic mass is 10.1. The van der Waals surface area contributed by atoms with Gasteiger partial charge in [-0.2, -0.15) is 4.39 Å². The number of nitrogens with one attached hydrogen (secondary N) is 1. The lowest BCUT2D eigenvalue weighted by molar-refractivity contribution is -0.387. The van der Waals surface area contributed by atoms with Gasteiger partial charge in [0.05, 0.1) is 4.92 Å². The molecule has 0 aliphatic heterocycles. The van der Waals surface area contributed by atoms with Crippen molar-refractivity contribution in [1.29, 1.82) is 0 Å². The number of nitro groups is 1. The Balaban J connectivity index is 2.23. The molecule has 6 heteroatoms. The van der Waals surface area contributed by atoms with Gasteiger partial charge in [0.2, 0.25) is 5.82 Å².